The fourth-order valence-electron chi connectivity index (χ4n) is 13.4. The van der Waals surface area contributed by atoms with E-state index in [4.69, 9.17) is 19.9 Å². The standard InChI is InChI=1S/2C23H22N4.C23H23N3.C22H21N5/c1-17-10-7-8-13-19(17)22-25-20(18-11-5-4-6-12-18)16-21(27(22)3)23-24-14-9-15-26(23)2;1-17-10-7-8-13-19(17)21-16-20(18-11-5-4-6-12-18)25-23(27(21)3)22-24-14-9-15-26(22)2;1-16-9-5-6-10-18(16)21-14-13-17(2)22(26(21)4)23-19-11-7-8-12-20(19)24-15-25(23)3;1-16-10-7-8-13-18(16)20-24-19(17-11-5-4-6-12-17)25-22(27(20)3)21-23-14-9-15-26(21)2/h2*4-16H,1-3H3;5-15H,1-4H3;4-15H,1-3H3/q4*+2. The molecule has 0 atom stereocenters. The lowest BCUT2D eigenvalue weighted by molar-refractivity contribution is -0.690. The van der Waals surface area contributed by atoms with Gasteiger partial charge in [0.05, 0.1) is 90.0 Å². The molecule has 8 aromatic carbocycles. The van der Waals surface area contributed by atoms with Crippen molar-refractivity contribution in [2.75, 3.05) is 0 Å². The number of aryl methyl sites for hydroxylation is 9. The highest BCUT2D eigenvalue weighted by atomic mass is 15.2. The third kappa shape index (κ3) is 15.6. The van der Waals surface area contributed by atoms with Crippen LogP contribution < -0.4 is 36.5 Å². The quantitative estimate of drug-likeness (QED) is 0.117. The van der Waals surface area contributed by atoms with Crippen molar-refractivity contribution in [3.63, 3.8) is 0 Å². The molecule has 0 aliphatic heterocycles. The Hall–Kier alpha value is -13.3. The van der Waals surface area contributed by atoms with E-state index in [0.717, 1.165) is 102 Å². The Labute approximate surface area is 626 Å². The van der Waals surface area contributed by atoms with Gasteiger partial charge in [-0.05, 0) is 135 Å². The Bertz CT molecular complexity index is 5260. The van der Waals surface area contributed by atoms with Crippen LogP contribution in [0.5, 0.6) is 0 Å². The monoisotopic (exact) mass is 1400 g/mol. The van der Waals surface area contributed by atoms with Crippen molar-refractivity contribution in [3.8, 4) is 125 Å². The number of para-hydroxylation sites is 1. The lowest BCUT2D eigenvalue weighted by Crippen LogP contribution is -2.42. The van der Waals surface area contributed by atoms with E-state index >= 15 is 0 Å². The van der Waals surface area contributed by atoms with E-state index in [0.29, 0.717) is 5.82 Å². The summed E-state index contributed by atoms with van der Waals surface area (Å²) in [7, 11) is 16.3. The van der Waals surface area contributed by atoms with Gasteiger partial charge in [0.15, 0.2) is 16.9 Å². The number of pyridine rings is 1. The first-order valence-corrected chi connectivity index (χ1v) is 35.7. The Morgan fingerprint density at radius 2 is 0.645 bits per heavy atom. The van der Waals surface area contributed by atoms with Crippen LogP contribution in [0.4, 0.5) is 0 Å². The highest BCUT2D eigenvalue weighted by Crippen LogP contribution is 2.32. The fraction of sp³-hybridized carbons (Fsp3) is 0.143. The summed E-state index contributed by atoms with van der Waals surface area (Å²) >= 11 is 0. The van der Waals surface area contributed by atoms with Gasteiger partial charge in [-0.3, -0.25) is 0 Å². The summed E-state index contributed by atoms with van der Waals surface area (Å²) in [5.41, 5.74) is 22.6. The molecule has 0 aliphatic rings. The second-order valence-corrected chi connectivity index (χ2v) is 26.6. The number of fused-ring (bicyclic) bond motifs is 1. The minimum absolute atomic E-state index is 0.688. The van der Waals surface area contributed by atoms with Crippen LogP contribution in [-0.2, 0) is 56.4 Å². The molecule has 107 heavy (non-hydrogen) atoms. The molecule has 0 bridgehead atoms. The molecule has 0 fully saturated rings. The molecule has 0 radical (unpaired) electrons. The van der Waals surface area contributed by atoms with E-state index in [1.165, 1.54) is 56.0 Å². The zero-order valence-corrected chi connectivity index (χ0v) is 62.9. The average molecular weight is 1410 g/mol. The molecular formula is C91H88N16+8. The Balaban J connectivity index is 0.000000126. The number of hydrogen-bond acceptors (Lipinski definition) is 8. The summed E-state index contributed by atoms with van der Waals surface area (Å²) in [5.74, 6) is 6.59. The molecule has 0 saturated carbocycles. The Kier molecular flexibility index (Phi) is 21.9. The van der Waals surface area contributed by atoms with Gasteiger partial charge < -0.3 is 0 Å². The molecule has 16 aromatic rings. The molecule has 16 nitrogen and oxygen atoms in total. The predicted molar refractivity (Wildman–Crippen MR) is 419 cm³/mol. The number of aromatic nitrogens is 16. The molecule has 0 N–H and O–H groups in total. The normalized spacial score (nSPS) is 10.9. The minimum Gasteiger partial charge on any atom is -0.230 e. The van der Waals surface area contributed by atoms with E-state index in [2.05, 4.69) is 239 Å². The summed E-state index contributed by atoms with van der Waals surface area (Å²) in [5, 5.41) is 1.16. The fourth-order valence-corrected chi connectivity index (χ4v) is 13.4. The number of nitrogens with zero attached hydrogens (tertiary/aromatic N) is 16. The zero-order valence-electron chi connectivity index (χ0n) is 62.9. The summed E-state index contributed by atoms with van der Waals surface area (Å²) < 4.78 is 16.7. The lowest BCUT2D eigenvalue weighted by atomic mass is 10.0. The predicted octanol–water partition coefficient (Wildman–Crippen LogP) is 13.5. The molecule has 16 heteroatoms. The summed E-state index contributed by atoms with van der Waals surface area (Å²) in [6, 6.07) is 87.0. The lowest BCUT2D eigenvalue weighted by Gasteiger charge is -2.11. The van der Waals surface area contributed by atoms with E-state index in [1.807, 2.05) is 195 Å². The second-order valence-electron chi connectivity index (χ2n) is 26.6. The molecule has 524 valence electrons. The van der Waals surface area contributed by atoms with Gasteiger partial charge in [-0.2, -0.15) is 4.57 Å². The van der Waals surface area contributed by atoms with Crippen LogP contribution in [0.15, 0.2) is 298 Å². The highest BCUT2D eigenvalue weighted by Gasteiger charge is 2.34. The maximum atomic E-state index is 5.02. The first kappa shape index (κ1) is 72.0. The van der Waals surface area contributed by atoms with Crippen molar-refractivity contribution in [1.82, 2.24) is 39.9 Å². The van der Waals surface area contributed by atoms with Gasteiger partial charge in [-0.25, -0.2) is 32.0 Å². The molecule has 8 heterocycles. The first-order chi connectivity index (χ1) is 52.0. The summed E-state index contributed by atoms with van der Waals surface area (Å²) in [4.78, 5) is 38.1. The summed E-state index contributed by atoms with van der Waals surface area (Å²) in [6.45, 7) is 10.7. The second kappa shape index (κ2) is 32.5. The molecule has 0 saturated heterocycles. The smallest absolute Gasteiger partial charge is 0.230 e. The Morgan fingerprint density at radius 1 is 0.252 bits per heavy atom. The first-order valence-electron chi connectivity index (χ1n) is 35.7. The van der Waals surface area contributed by atoms with Crippen molar-refractivity contribution >= 4 is 10.9 Å². The van der Waals surface area contributed by atoms with Crippen LogP contribution in [-0.4, -0.2) is 39.9 Å². The van der Waals surface area contributed by atoms with Crippen LogP contribution in [0.1, 0.15) is 27.8 Å². The topological polar surface area (TPSA) is 134 Å². The van der Waals surface area contributed by atoms with Crippen LogP contribution >= 0.6 is 0 Å². The molecule has 0 amide bonds. The van der Waals surface area contributed by atoms with Gasteiger partial charge in [0.25, 0.3) is 17.8 Å². The molecule has 16 rings (SSSR count). The van der Waals surface area contributed by atoms with Crippen molar-refractivity contribution < 1.29 is 36.5 Å². The van der Waals surface area contributed by atoms with Gasteiger partial charge in [-0.1, -0.05) is 180 Å². The zero-order chi connectivity index (χ0) is 74.7. The number of benzene rings is 8. The molecule has 0 spiro atoms. The van der Waals surface area contributed by atoms with E-state index in [-0.39, 0.29) is 0 Å². The highest BCUT2D eigenvalue weighted by molar-refractivity contribution is 5.89. The van der Waals surface area contributed by atoms with E-state index in [1.54, 1.807) is 12.4 Å². The number of rotatable bonds is 11. The number of hydrogen-bond donors (Lipinski definition) is 0. The van der Waals surface area contributed by atoms with Crippen LogP contribution in [0.2, 0.25) is 0 Å². The maximum Gasteiger partial charge on any atom is 0.419 e. The van der Waals surface area contributed by atoms with Gasteiger partial charge >= 0.3 is 40.8 Å². The van der Waals surface area contributed by atoms with Crippen molar-refractivity contribution in [1.29, 1.82) is 0 Å². The molecule has 8 aromatic heterocycles. The van der Waals surface area contributed by atoms with Crippen LogP contribution in [0.25, 0.3) is 136 Å². The maximum absolute atomic E-state index is 5.02. The van der Waals surface area contributed by atoms with Crippen LogP contribution in [0, 0.1) is 34.6 Å². The van der Waals surface area contributed by atoms with Crippen LogP contribution in [0.3, 0.4) is 0 Å². The van der Waals surface area contributed by atoms with Gasteiger partial charge in [0.2, 0.25) is 17.1 Å². The largest absolute Gasteiger partial charge is 0.419 e. The third-order valence-corrected chi connectivity index (χ3v) is 19.3. The average Bonchev–Trinajstić information content (AvgIpc) is 0.776. The van der Waals surface area contributed by atoms with Crippen molar-refractivity contribution in [2.45, 2.75) is 34.6 Å². The van der Waals surface area contributed by atoms with Crippen molar-refractivity contribution in [3.05, 3.63) is 326 Å². The SMILES string of the molecule is Cc1ccccc1-c1cc(-c2ccccc2)nc(-c2nccc[n+]2C)[n+]1C.Cc1ccccc1-c1ccc(C)c(-c2c3ccccc3nc[n+]2C)[n+]1C.Cc1ccccc1-c1nc(-c2ccccc2)cc(-c2nccc[n+]2C)[n+]1C.Cc1ccccc1-c1nc(-c2ccccc2)nc(-c2nccc[n+]2C)[n+]1C. The molecular weight excluding hydrogens is 1320 g/mol. The van der Waals surface area contributed by atoms with Crippen molar-refractivity contribution in [2.24, 2.45) is 56.4 Å². The van der Waals surface area contributed by atoms with Gasteiger partial charge in [0, 0.05) is 64.2 Å². The molecule has 0 unspecified atom stereocenters. The minimum atomic E-state index is 0.688. The molecule has 0 aliphatic carbocycles. The summed E-state index contributed by atoms with van der Waals surface area (Å²) in [6.07, 6.45) is 13.3. The van der Waals surface area contributed by atoms with E-state index in [9.17, 15) is 0 Å². The third-order valence-electron chi connectivity index (χ3n) is 19.3. The van der Waals surface area contributed by atoms with E-state index < -0.39 is 0 Å². The Morgan fingerprint density at radius 3 is 1.15 bits per heavy atom. The van der Waals surface area contributed by atoms with Gasteiger partial charge in [0.1, 0.15) is 31.3 Å². The van der Waals surface area contributed by atoms with Gasteiger partial charge in [-0.15, -0.1) is 0 Å².